The Kier molecular flexibility index (Phi) is 9.97. The number of esters is 3. The molecule has 0 spiro atoms. The van der Waals surface area contributed by atoms with Crippen LogP contribution in [0.1, 0.15) is 22.1 Å². The fraction of sp³-hybridized carbons (Fsp3) is 0.800. The molecule has 0 aromatic rings. The second-order valence-corrected chi connectivity index (χ2v) is 4.82. The fourth-order valence-corrected chi connectivity index (χ4v) is 2.00. The molecule has 0 heterocycles. The number of carbonyl (C=O) groups is 3. The molecule has 0 radical (unpaired) electrons. The number of carbonyl (C=O) groups excluding carboxylic acids is 3. The van der Waals surface area contributed by atoms with Crippen LogP contribution in [0.25, 0.3) is 0 Å². The maximum absolute atomic E-state index is 11.5. The number of hydrogen-bond acceptors (Lipinski definition) is 9. The highest BCUT2D eigenvalue weighted by atomic mass is 16.6. The van der Waals surface area contributed by atoms with Crippen molar-refractivity contribution < 1.29 is 44.2 Å². The van der Waals surface area contributed by atoms with E-state index < -0.39 is 48.9 Å². The Bertz CT molecular complexity index is 443. The maximum atomic E-state index is 11.5. The van der Waals surface area contributed by atoms with Gasteiger partial charge in [-0.3, -0.25) is 14.4 Å². The Balaban J connectivity index is 5.67. The number of ether oxygens (including phenoxy) is 6. The lowest BCUT2D eigenvalue weighted by Crippen LogP contribution is -2.52. The smallest absolute Gasteiger partial charge is 0.303 e. The summed E-state index contributed by atoms with van der Waals surface area (Å²) in [6, 6.07) is 0. The van der Waals surface area contributed by atoms with Gasteiger partial charge in [-0.15, -0.1) is 0 Å². The van der Waals surface area contributed by atoms with E-state index in [4.69, 9.17) is 29.8 Å². The van der Waals surface area contributed by atoms with Crippen LogP contribution in [0.3, 0.4) is 0 Å². The van der Waals surface area contributed by atoms with Gasteiger partial charge in [-0.25, -0.2) is 0 Å². The van der Waals surface area contributed by atoms with Gasteiger partial charge < -0.3 is 28.4 Å². The first-order valence-corrected chi connectivity index (χ1v) is 7.16. The molecule has 0 aromatic heterocycles. The van der Waals surface area contributed by atoms with E-state index in [0.717, 1.165) is 6.92 Å². The molecule has 5 unspecified atom stereocenters. The van der Waals surface area contributed by atoms with Crippen LogP contribution < -0.4 is 0 Å². The van der Waals surface area contributed by atoms with Crippen molar-refractivity contribution in [2.24, 2.45) is 0 Å². The highest BCUT2D eigenvalue weighted by Crippen LogP contribution is 2.18. The lowest BCUT2D eigenvalue weighted by atomic mass is 10.0. The summed E-state index contributed by atoms with van der Waals surface area (Å²) < 4.78 is 38.6. The summed E-state index contributed by atoms with van der Waals surface area (Å²) >= 11 is 0. The SMILES string of the molecule is [2H]C(OC(C)=O)C(OC)C(OC)C(OC(C)=O)C(COC)OC(C)=O. The normalized spacial score (nSPS) is 17.7. The zero-order valence-corrected chi connectivity index (χ0v) is 14.8. The molecule has 0 N–H and O–H groups in total. The molecular weight excluding hydrogens is 324 g/mol. The summed E-state index contributed by atoms with van der Waals surface area (Å²) in [5.74, 6) is -1.97. The summed E-state index contributed by atoms with van der Waals surface area (Å²) in [6.45, 7) is 1.96. The average Bonchev–Trinajstić information content (AvgIpc) is 2.48. The van der Waals surface area contributed by atoms with Gasteiger partial charge in [-0.1, -0.05) is 0 Å². The second kappa shape index (κ2) is 11.8. The number of rotatable bonds is 11. The molecule has 0 saturated carbocycles. The topological polar surface area (TPSA) is 107 Å². The molecule has 0 saturated heterocycles. The highest BCUT2D eigenvalue weighted by Gasteiger charge is 2.40. The van der Waals surface area contributed by atoms with Gasteiger partial charge in [0.1, 0.15) is 18.8 Å². The highest BCUT2D eigenvalue weighted by molar-refractivity contribution is 5.67. The summed E-state index contributed by atoms with van der Waals surface area (Å²) in [6.07, 6.45) is -4.36. The monoisotopic (exact) mass is 351 g/mol. The zero-order chi connectivity index (χ0) is 19.6. The molecule has 0 aromatic carbocycles. The Hall–Kier alpha value is -1.71. The Morgan fingerprint density at radius 3 is 1.79 bits per heavy atom. The first kappa shape index (κ1) is 20.3. The molecule has 24 heavy (non-hydrogen) atoms. The van der Waals surface area contributed by atoms with E-state index in [-0.39, 0.29) is 6.61 Å². The van der Waals surface area contributed by atoms with Crippen molar-refractivity contribution in [3.8, 4) is 0 Å². The van der Waals surface area contributed by atoms with Crippen LogP contribution in [0.15, 0.2) is 0 Å². The predicted octanol–water partition coefficient (Wildman–Crippen LogP) is 0.0893. The Morgan fingerprint density at radius 1 is 0.833 bits per heavy atom. The van der Waals surface area contributed by atoms with E-state index in [1.165, 1.54) is 35.2 Å². The van der Waals surface area contributed by atoms with Crippen molar-refractivity contribution >= 4 is 17.9 Å². The largest absolute Gasteiger partial charge is 0.463 e. The summed E-state index contributed by atoms with van der Waals surface area (Å²) in [5, 5.41) is 0. The molecule has 0 aliphatic rings. The van der Waals surface area contributed by atoms with Crippen LogP contribution in [0.5, 0.6) is 0 Å². The molecule has 9 nitrogen and oxygen atoms in total. The minimum atomic E-state index is -1.45. The third-order valence-electron chi connectivity index (χ3n) is 2.88. The molecular formula is C15H26O9. The molecule has 0 fully saturated rings. The van der Waals surface area contributed by atoms with E-state index >= 15 is 0 Å². The van der Waals surface area contributed by atoms with E-state index in [0.29, 0.717) is 0 Å². The van der Waals surface area contributed by atoms with Crippen LogP contribution >= 0.6 is 0 Å². The number of hydrogen-bond donors (Lipinski definition) is 0. The molecule has 0 bridgehead atoms. The minimum Gasteiger partial charge on any atom is -0.463 e. The molecule has 9 heteroatoms. The molecule has 5 atom stereocenters. The summed E-state index contributed by atoms with van der Waals surface area (Å²) in [4.78, 5) is 33.9. The van der Waals surface area contributed by atoms with E-state index in [2.05, 4.69) is 0 Å². The second-order valence-electron chi connectivity index (χ2n) is 4.82. The van der Waals surface area contributed by atoms with E-state index in [9.17, 15) is 14.4 Å². The average molecular weight is 351 g/mol. The maximum Gasteiger partial charge on any atom is 0.303 e. The van der Waals surface area contributed by atoms with Gasteiger partial charge in [0.15, 0.2) is 12.2 Å². The van der Waals surface area contributed by atoms with Crippen molar-refractivity contribution in [3.63, 3.8) is 0 Å². The van der Waals surface area contributed by atoms with Crippen LogP contribution in [0.2, 0.25) is 0 Å². The molecule has 0 aliphatic heterocycles. The molecule has 0 amide bonds. The molecule has 140 valence electrons. The van der Waals surface area contributed by atoms with Gasteiger partial charge in [0.25, 0.3) is 0 Å². The van der Waals surface area contributed by atoms with Gasteiger partial charge in [0.2, 0.25) is 0 Å². The van der Waals surface area contributed by atoms with Crippen molar-refractivity contribution in [2.75, 3.05) is 34.5 Å². The fourth-order valence-electron chi connectivity index (χ4n) is 2.00. The first-order valence-electron chi connectivity index (χ1n) is 7.74. The van der Waals surface area contributed by atoms with Gasteiger partial charge in [-0.2, -0.15) is 0 Å². The van der Waals surface area contributed by atoms with Crippen LogP contribution in [-0.2, 0) is 42.8 Å². The standard InChI is InChI=1S/C15H26O9/c1-9(16)22-8-12(20-5)14(21-6)15(24-11(3)18)13(7-19-4)23-10(2)17/h12-15H,7-8H2,1-6H3/i8D. The van der Waals surface area contributed by atoms with Gasteiger partial charge in [0.05, 0.1) is 7.98 Å². The quantitative estimate of drug-likeness (QED) is 0.378. The lowest BCUT2D eigenvalue weighted by Gasteiger charge is -2.34. The zero-order valence-electron chi connectivity index (χ0n) is 15.8. The predicted molar refractivity (Wildman–Crippen MR) is 81.2 cm³/mol. The Morgan fingerprint density at radius 2 is 1.42 bits per heavy atom. The lowest BCUT2D eigenvalue weighted by molar-refractivity contribution is -0.196. The molecule has 0 aliphatic carbocycles. The van der Waals surface area contributed by atoms with E-state index in [1.54, 1.807) is 0 Å². The van der Waals surface area contributed by atoms with Crippen molar-refractivity contribution in [1.29, 1.82) is 0 Å². The molecule has 0 rings (SSSR count). The summed E-state index contributed by atoms with van der Waals surface area (Å²) in [5.41, 5.74) is 0. The Labute approximate surface area is 142 Å². The van der Waals surface area contributed by atoms with Crippen LogP contribution in [0, 0.1) is 0 Å². The van der Waals surface area contributed by atoms with Gasteiger partial charge in [0, 0.05) is 42.1 Å². The van der Waals surface area contributed by atoms with Crippen molar-refractivity contribution in [3.05, 3.63) is 0 Å². The minimum absolute atomic E-state index is 0.0932. The number of methoxy groups -OCH3 is 3. The first-order chi connectivity index (χ1) is 11.7. The third kappa shape index (κ3) is 8.23. The van der Waals surface area contributed by atoms with Crippen LogP contribution in [-0.4, -0.2) is 76.8 Å². The van der Waals surface area contributed by atoms with Crippen LogP contribution in [0.4, 0.5) is 0 Å². The van der Waals surface area contributed by atoms with Gasteiger partial charge >= 0.3 is 17.9 Å². The van der Waals surface area contributed by atoms with Crippen molar-refractivity contribution in [1.82, 2.24) is 0 Å². The van der Waals surface area contributed by atoms with E-state index in [1.807, 2.05) is 0 Å². The van der Waals surface area contributed by atoms with Gasteiger partial charge in [-0.05, 0) is 0 Å². The summed E-state index contributed by atoms with van der Waals surface area (Å²) in [7, 11) is 3.96. The third-order valence-corrected chi connectivity index (χ3v) is 2.88. The van der Waals surface area contributed by atoms with Crippen molar-refractivity contribution in [2.45, 2.75) is 45.2 Å².